The fourth-order valence-corrected chi connectivity index (χ4v) is 2.74. The maximum absolute atomic E-state index is 12.9. The fraction of sp³-hybridized carbons (Fsp3) is 0.190. The van der Waals surface area contributed by atoms with Crippen molar-refractivity contribution in [1.29, 1.82) is 0 Å². The predicted molar refractivity (Wildman–Crippen MR) is 106 cm³/mol. The summed E-state index contributed by atoms with van der Waals surface area (Å²) in [5.74, 6) is -0.717. The molecular formula is C21H17F3N4O3. The van der Waals surface area contributed by atoms with Gasteiger partial charge in [-0.1, -0.05) is 12.2 Å². The van der Waals surface area contributed by atoms with Crippen molar-refractivity contribution in [2.45, 2.75) is 12.6 Å². The maximum Gasteiger partial charge on any atom is 0.416 e. The Balaban J connectivity index is 2.15. The van der Waals surface area contributed by atoms with Gasteiger partial charge in [-0.15, -0.1) is 5.73 Å². The van der Waals surface area contributed by atoms with E-state index < -0.39 is 23.2 Å². The van der Waals surface area contributed by atoms with Crippen LogP contribution in [0.5, 0.6) is 0 Å². The molecular weight excluding hydrogens is 413 g/mol. The molecule has 0 atom stereocenters. The lowest BCUT2D eigenvalue weighted by molar-refractivity contribution is -0.0882. The summed E-state index contributed by atoms with van der Waals surface area (Å²) in [6, 6.07) is 4.41. The number of hydrogen-bond donors (Lipinski definition) is 2. The number of allylic oxidation sites excluding steroid dienone is 5. The average Bonchev–Trinajstić information content (AvgIpc) is 2.72. The van der Waals surface area contributed by atoms with E-state index in [1.165, 1.54) is 24.5 Å². The van der Waals surface area contributed by atoms with Gasteiger partial charge in [-0.25, -0.2) is 0 Å². The minimum atomic E-state index is -4.49. The van der Waals surface area contributed by atoms with Crippen LogP contribution >= 0.6 is 0 Å². The molecule has 0 saturated carbocycles. The normalized spacial score (nSPS) is 15.5. The average molecular weight is 430 g/mol. The fourth-order valence-electron chi connectivity index (χ4n) is 2.74. The van der Waals surface area contributed by atoms with Gasteiger partial charge in [0.05, 0.1) is 29.8 Å². The highest BCUT2D eigenvalue weighted by molar-refractivity contribution is 5.94. The Hall–Kier alpha value is -3.75. The minimum absolute atomic E-state index is 0.0415. The Kier molecular flexibility index (Phi) is 6.64. The van der Waals surface area contributed by atoms with Crippen LogP contribution < -0.4 is 10.9 Å². The lowest BCUT2D eigenvalue weighted by atomic mass is 10.0. The van der Waals surface area contributed by atoms with E-state index in [0.717, 1.165) is 22.9 Å². The minimum Gasteiger partial charge on any atom is -0.395 e. The number of carbonyl (C=O) groups is 1. The van der Waals surface area contributed by atoms with Crippen molar-refractivity contribution in [3.05, 3.63) is 87.8 Å². The molecule has 0 spiro atoms. The Morgan fingerprint density at radius 2 is 2.16 bits per heavy atom. The molecule has 0 unspecified atom stereocenters. The van der Waals surface area contributed by atoms with Gasteiger partial charge in [-0.2, -0.15) is 23.0 Å². The molecule has 2 aromatic heterocycles. The largest absolute Gasteiger partial charge is 0.416 e. The molecule has 0 saturated heterocycles. The number of aliphatic hydroxyl groups is 1. The summed E-state index contributed by atoms with van der Waals surface area (Å²) in [6.45, 7) is -0.369. The molecule has 1 amide bonds. The van der Waals surface area contributed by atoms with Gasteiger partial charge in [-0.3, -0.25) is 14.6 Å². The molecule has 10 heteroatoms. The summed E-state index contributed by atoms with van der Waals surface area (Å²) < 4.78 is 39.7. The number of pyridine rings is 1. The van der Waals surface area contributed by atoms with Crippen molar-refractivity contribution in [3.63, 3.8) is 0 Å². The first-order valence-corrected chi connectivity index (χ1v) is 9.15. The van der Waals surface area contributed by atoms with Crippen LogP contribution in [0.3, 0.4) is 0 Å². The SMILES string of the molecule is O=C(NCCO)c1cc(C2=C=C/C=C(/C(F)(F)F)C=CC2)nn(-c2cccnc2)c1=O. The van der Waals surface area contributed by atoms with Gasteiger partial charge in [0.2, 0.25) is 0 Å². The molecule has 2 N–H and O–H groups in total. The zero-order valence-electron chi connectivity index (χ0n) is 16.1. The second-order valence-electron chi connectivity index (χ2n) is 6.37. The summed E-state index contributed by atoms with van der Waals surface area (Å²) >= 11 is 0. The lowest BCUT2D eigenvalue weighted by Gasteiger charge is -2.12. The van der Waals surface area contributed by atoms with Crippen LogP contribution in [-0.4, -0.2) is 45.1 Å². The van der Waals surface area contributed by atoms with Crippen LogP contribution in [0, 0.1) is 0 Å². The van der Waals surface area contributed by atoms with Crippen molar-refractivity contribution in [2.75, 3.05) is 13.2 Å². The highest BCUT2D eigenvalue weighted by atomic mass is 19.4. The standard InChI is InChI=1S/C21H17F3N4O3/c22-21(23,24)15-6-1-4-14(5-2-7-15)18-12-17(19(30)26-10-11-29)20(31)28(27-18)16-8-3-9-25-13-16/h1-3,6-9,12-13,29H,4,10-11H2,(H,26,30)/b6-1?,15-7+. The summed E-state index contributed by atoms with van der Waals surface area (Å²) in [4.78, 5) is 29.2. The van der Waals surface area contributed by atoms with E-state index in [9.17, 15) is 22.8 Å². The van der Waals surface area contributed by atoms with E-state index in [1.54, 1.807) is 12.1 Å². The van der Waals surface area contributed by atoms with Gasteiger partial charge in [0.25, 0.3) is 11.5 Å². The molecule has 0 fully saturated rings. The molecule has 1 aliphatic carbocycles. The van der Waals surface area contributed by atoms with Crippen LogP contribution in [-0.2, 0) is 0 Å². The van der Waals surface area contributed by atoms with Gasteiger partial charge in [0.15, 0.2) is 0 Å². The summed E-state index contributed by atoms with van der Waals surface area (Å²) in [5.41, 5.74) is 1.83. The molecule has 0 aromatic carbocycles. The number of rotatable bonds is 5. The Morgan fingerprint density at radius 3 is 2.84 bits per heavy atom. The molecule has 1 aliphatic rings. The maximum atomic E-state index is 12.9. The number of nitrogens with one attached hydrogen (secondary N) is 1. The molecule has 31 heavy (non-hydrogen) atoms. The molecule has 2 heterocycles. The van der Waals surface area contributed by atoms with Crippen molar-refractivity contribution < 1.29 is 23.1 Å². The Bertz CT molecular complexity index is 1160. The van der Waals surface area contributed by atoms with E-state index >= 15 is 0 Å². The van der Waals surface area contributed by atoms with Crippen molar-refractivity contribution in [1.82, 2.24) is 20.1 Å². The van der Waals surface area contributed by atoms with Crippen LogP contribution in [0.4, 0.5) is 13.2 Å². The smallest absolute Gasteiger partial charge is 0.395 e. The Labute approximate surface area is 174 Å². The third-order valence-corrected chi connectivity index (χ3v) is 4.22. The number of halogens is 3. The van der Waals surface area contributed by atoms with Gasteiger partial charge >= 0.3 is 6.18 Å². The van der Waals surface area contributed by atoms with Gasteiger partial charge in [0.1, 0.15) is 5.56 Å². The van der Waals surface area contributed by atoms with Crippen LogP contribution in [0.1, 0.15) is 22.5 Å². The van der Waals surface area contributed by atoms with Crippen LogP contribution in [0.2, 0.25) is 0 Å². The first-order valence-electron chi connectivity index (χ1n) is 9.15. The van der Waals surface area contributed by atoms with E-state index in [2.05, 4.69) is 21.1 Å². The van der Waals surface area contributed by atoms with Gasteiger partial charge < -0.3 is 10.4 Å². The number of nitrogens with zero attached hydrogens (tertiary/aromatic N) is 3. The number of alkyl halides is 3. The highest BCUT2D eigenvalue weighted by Gasteiger charge is 2.31. The summed E-state index contributed by atoms with van der Waals surface area (Å²) in [6.07, 6.45) is 2.69. The van der Waals surface area contributed by atoms with E-state index in [-0.39, 0.29) is 30.8 Å². The number of hydrogen-bond acceptors (Lipinski definition) is 5. The third kappa shape index (κ3) is 5.25. The predicted octanol–water partition coefficient (Wildman–Crippen LogP) is 2.34. The summed E-state index contributed by atoms with van der Waals surface area (Å²) in [7, 11) is 0. The lowest BCUT2D eigenvalue weighted by Crippen LogP contribution is -2.35. The molecule has 0 radical (unpaired) electrons. The number of aliphatic hydroxyl groups excluding tert-OH is 1. The quantitative estimate of drug-likeness (QED) is 0.710. The number of aromatic nitrogens is 3. The monoisotopic (exact) mass is 430 g/mol. The number of carbonyl (C=O) groups excluding carboxylic acids is 1. The first kappa shape index (κ1) is 21.9. The topological polar surface area (TPSA) is 97.1 Å². The highest BCUT2D eigenvalue weighted by Crippen LogP contribution is 2.28. The summed E-state index contributed by atoms with van der Waals surface area (Å²) in [5, 5.41) is 15.6. The molecule has 7 nitrogen and oxygen atoms in total. The third-order valence-electron chi connectivity index (χ3n) is 4.22. The molecule has 2 aromatic rings. The van der Waals surface area contributed by atoms with Gasteiger partial charge in [0, 0.05) is 24.7 Å². The van der Waals surface area contributed by atoms with Crippen LogP contribution in [0.15, 0.2) is 71.0 Å². The Morgan fingerprint density at radius 1 is 1.35 bits per heavy atom. The zero-order valence-corrected chi connectivity index (χ0v) is 16.1. The van der Waals surface area contributed by atoms with Crippen LogP contribution in [0.25, 0.3) is 11.3 Å². The second-order valence-corrected chi connectivity index (χ2v) is 6.37. The van der Waals surface area contributed by atoms with Gasteiger partial charge in [-0.05, 0) is 30.4 Å². The molecule has 0 bridgehead atoms. The van der Waals surface area contributed by atoms with E-state index in [0.29, 0.717) is 11.3 Å². The van der Waals surface area contributed by atoms with Crippen molar-refractivity contribution >= 4 is 11.5 Å². The second kappa shape index (κ2) is 9.38. The molecule has 160 valence electrons. The zero-order chi connectivity index (χ0) is 22.4. The van der Waals surface area contributed by atoms with E-state index in [4.69, 9.17) is 5.11 Å². The molecule has 0 aliphatic heterocycles. The van der Waals surface area contributed by atoms with E-state index in [1.807, 2.05) is 0 Å². The van der Waals surface area contributed by atoms with Crippen molar-refractivity contribution in [2.24, 2.45) is 0 Å². The first-order chi connectivity index (χ1) is 14.8. The number of amides is 1. The molecule has 3 rings (SSSR count). The van der Waals surface area contributed by atoms with Crippen molar-refractivity contribution in [3.8, 4) is 5.69 Å².